The van der Waals surface area contributed by atoms with Gasteiger partial charge in [-0.05, 0) is 35.0 Å². The molecule has 0 aliphatic carbocycles. The number of halogens is 1. The molecule has 2 heterocycles. The zero-order valence-corrected chi connectivity index (χ0v) is 13.7. The number of hydrogen-bond acceptors (Lipinski definition) is 5. The molecule has 0 amide bonds. The van der Waals surface area contributed by atoms with Crippen molar-refractivity contribution in [2.75, 3.05) is 13.2 Å². The molecule has 0 saturated carbocycles. The van der Waals surface area contributed by atoms with Gasteiger partial charge in [0.2, 0.25) is 0 Å². The Morgan fingerprint density at radius 2 is 2.27 bits per heavy atom. The van der Waals surface area contributed by atoms with Crippen molar-refractivity contribution in [3.8, 4) is 5.75 Å². The van der Waals surface area contributed by atoms with E-state index >= 15 is 0 Å². The van der Waals surface area contributed by atoms with Crippen molar-refractivity contribution in [1.82, 2.24) is 14.5 Å². The first-order valence-electron chi connectivity index (χ1n) is 6.78. The van der Waals surface area contributed by atoms with Crippen LogP contribution in [-0.2, 0) is 16.1 Å². The van der Waals surface area contributed by atoms with E-state index in [1.165, 1.54) is 6.08 Å². The first kappa shape index (κ1) is 16.2. The van der Waals surface area contributed by atoms with E-state index in [4.69, 9.17) is 9.47 Å². The van der Waals surface area contributed by atoms with Crippen LogP contribution >= 0.6 is 15.9 Å². The maximum Gasteiger partial charge on any atom is 0.331 e. The van der Waals surface area contributed by atoms with Crippen LogP contribution in [0.25, 0.3) is 6.08 Å². The Hall–Kier alpha value is -2.15. The second-order valence-corrected chi connectivity index (χ2v) is 5.18. The van der Waals surface area contributed by atoms with Crippen molar-refractivity contribution in [1.29, 1.82) is 0 Å². The minimum absolute atomic E-state index is 0.165. The predicted molar refractivity (Wildman–Crippen MR) is 85.3 cm³/mol. The summed E-state index contributed by atoms with van der Waals surface area (Å²) in [7, 11) is 0. The third-order valence-electron chi connectivity index (χ3n) is 2.73. The van der Waals surface area contributed by atoms with Gasteiger partial charge in [-0.25, -0.2) is 9.78 Å². The first-order chi connectivity index (χ1) is 10.7. The van der Waals surface area contributed by atoms with Gasteiger partial charge in [-0.2, -0.15) is 0 Å². The highest BCUT2D eigenvalue weighted by atomic mass is 79.9. The van der Waals surface area contributed by atoms with Crippen LogP contribution in [0.15, 0.2) is 41.4 Å². The quantitative estimate of drug-likeness (QED) is 0.428. The fourth-order valence-electron chi connectivity index (χ4n) is 1.71. The van der Waals surface area contributed by atoms with E-state index in [1.54, 1.807) is 30.7 Å². The van der Waals surface area contributed by atoms with Gasteiger partial charge in [-0.3, -0.25) is 4.98 Å². The topological polar surface area (TPSA) is 66.2 Å². The van der Waals surface area contributed by atoms with Gasteiger partial charge >= 0.3 is 5.97 Å². The molecular formula is C15H16BrN3O3. The Morgan fingerprint density at radius 3 is 3.05 bits per heavy atom. The molecular weight excluding hydrogens is 350 g/mol. The summed E-state index contributed by atoms with van der Waals surface area (Å²) in [5.74, 6) is 0.906. The molecule has 0 aromatic carbocycles. The highest BCUT2D eigenvalue weighted by molar-refractivity contribution is 9.10. The summed E-state index contributed by atoms with van der Waals surface area (Å²) in [5, 5.41) is 0. The highest BCUT2D eigenvalue weighted by Crippen LogP contribution is 2.15. The van der Waals surface area contributed by atoms with Crippen molar-refractivity contribution < 1.29 is 14.3 Å². The Labute approximate surface area is 136 Å². The molecule has 116 valence electrons. The van der Waals surface area contributed by atoms with Gasteiger partial charge in [0.15, 0.2) is 0 Å². The summed E-state index contributed by atoms with van der Waals surface area (Å²) in [4.78, 5) is 19.7. The van der Waals surface area contributed by atoms with E-state index in [-0.39, 0.29) is 13.2 Å². The van der Waals surface area contributed by atoms with Crippen molar-refractivity contribution in [3.05, 3.63) is 47.2 Å². The molecule has 0 spiro atoms. The van der Waals surface area contributed by atoms with Crippen molar-refractivity contribution in [3.63, 3.8) is 0 Å². The molecule has 22 heavy (non-hydrogen) atoms. The number of esters is 1. The zero-order chi connectivity index (χ0) is 15.8. The van der Waals surface area contributed by atoms with Crippen LogP contribution in [-0.4, -0.2) is 33.7 Å². The molecule has 2 aromatic heterocycles. The van der Waals surface area contributed by atoms with Crippen LogP contribution in [0.5, 0.6) is 5.75 Å². The molecule has 0 saturated heterocycles. The number of carbonyl (C=O) groups is 1. The number of nitrogens with zero attached hydrogens (tertiary/aromatic N) is 3. The van der Waals surface area contributed by atoms with Crippen molar-refractivity contribution in [2.24, 2.45) is 0 Å². The summed E-state index contributed by atoms with van der Waals surface area (Å²) < 4.78 is 13.2. The largest absolute Gasteiger partial charge is 0.488 e. The standard InChI is InChI=1S/C15H16BrN3O3/c1-2-19-6-5-18-14(19)3-4-15(20)22-8-7-21-13-9-12(16)10-17-11-13/h3-6,9-11H,2,7-8H2,1H3. The van der Waals surface area contributed by atoms with Crippen LogP contribution < -0.4 is 4.74 Å². The molecule has 0 radical (unpaired) electrons. The third-order valence-corrected chi connectivity index (χ3v) is 3.17. The number of carbonyl (C=O) groups excluding carboxylic acids is 1. The molecule has 7 heteroatoms. The lowest BCUT2D eigenvalue weighted by Crippen LogP contribution is -2.10. The Balaban J connectivity index is 1.72. The van der Waals surface area contributed by atoms with Gasteiger partial charge in [0.25, 0.3) is 0 Å². The zero-order valence-electron chi connectivity index (χ0n) is 12.1. The average molecular weight is 366 g/mol. The highest BCUT2D eigenvalue weighted by Gasteiger charge is 2.01. The minimum atomic E-state index is -0.429. The van der Waals surface area contributed by atoms with E-state index in [1.807, 2.05) is 17.7 Å². The van der Waals surface area contributed by atoms with Gasteiger partial charge in [-0.1, -0.05) is 0 Å². The molecule has 2 rings (SSSR count). The van der Waals surface area contributed by atoms with Crippen molar-refractivity contribution >= 4 is 28.0 Å². The van der Waals surface area contributed by atoms with Gasteiger partial charge < -0.3 is 14.0 Å². The lowest BCUT2D eigenvalue weighted by molar-refractivity contribution is -0.138. The number of hydrogen-bond donors (Lipinski definition) is 0. The van der Waals surface area contributed by atoms with Gasteiger partial charge in [0, 0.05) is 35.7 Å². The molecule has 0 N–H and O–H groups in total. The number of aryl methyl sites for hydroxylation is 1. The number of aromatic nitrogens is 3. The second-order valence-electron chi connectivity index (χ2n) is 4.26. The molecule has 0 bridgehead atoms. The summed E-state index contributed by atoms with van der Waals surface area (Å²) in [6, 6.07) is 1.79. The van der Waals surface area contributed by atoms with Crippen LogP contribution in [0.1, 0.15) is 12.7 Å². The van der Waals surface area contributed by atoms with Gasteiger partial charge in [0.1, 0.15) is 24.8 Å². The molecule has 2 aromatic rings. The maximum absolute atomic E-state index is 11.6. The Bertz CT molecular complexity index is 655. The van der Waals surface area contributed by atoms with E-state index in [2.05, 4.69) is 25.9 Å². The molecule has 0 atom stereocenters. The van der Waals surface area contributed by atoms with Crippen LogP contribution in [0, 0.1) is 0 Å². The molecule has 0 unspecified atom stereocenters. The predicted octanol–water partition coefficient (Wildman–Crippen LogP) is 2.70. The first-order valence-corrected chi connectivity index (χ1v) is 7.57. The average Bonchev–Trinajstić information content (AvgIpc) is 2.97. The fraction of sp³-hybridized carbons (Fsp3) is 0.267. The number of pyridine rings is 1. The minimum Gasteiger partial charge on any atom is -0.488 e. The van der Waals surface area contributed by atoms with Crippen LogP contribution in [0.4, 0.5) is 0 Å². The summed E-state index contributed by atoms with van der Waals surface area (Å²) in [6.07, 6.45) is 9.79. The van der Waals surface area contributed by atoms with E-state index in [0.29, 0.717) is 5.75 Å². The van der Waals surface area contributed by atoms with Crippen LogP contribution in [0.3, 0.4) is 0 Å². The monoisotopic (exact) mass is 365 g/mol. The Kier molecular flexibility index (Phi) is 6.14. The third kappa shape index (κ3) is 5.00. The maximum atomic E-state index is 11.6. The SMILES string of the molecule is CCn1ccnc1C=CC(=O)OCCOc1cncc(Br)c1. The fourth-order valence-corrected chi connectivity index (χ4v) is 2.05. The van der Waals surface area contributed by atoms with Crippen LogP contribution in [0.2, 0.25) is 0 Å². The molecule has 0 aliphatic heterocycles. The second kappa shape index (κ2) is 8.33. The lowest BCUT2D eigenvalue weighted by Gasteiger charge is -2.06. The van der Waals surface area contributed by atoms with E-state index < -0.39 is 5.97 Å². The molecule has 6 nitrogen and oxygen atoms in total. The van der Waals surface area contributed by atoms with Gasteiger partial charge in [-0.15, -0.1) is 0 Å². The Morgan fingerprint density at radius 1 is 1.41 bits per heavy atom. The van der Waals surface area contributed by atoms with Crippen molar-refractivity contribution in [2.45, 2.75) is 13.5 Å². The normalized spacial score (nSPS) is 10.8. The molecule has 0 aliphatic rings. The number of imidazole rings is 1. The van der Waals surface area contributed by atoms with E-state index in [0.717, 1.165) is 16.8 Å². The summed E-state index contributed by atoms with van der Waals surface area (Å²) in [6.45, 7) is 3.23. The van der Waals surface area contributed by atoms with E-state index in [9.17, 15) is 4.79 Å². The number of ether oxygens (including phenoxy) is 2. The molecule has 0 fully saturated rings. The summed E-state index contributed by atoms with van der Waals surface area (Å²) in [5.41, 5.74) is 0. The summed E-state index contributed by atoms with van der Waals surface area (Å²) >= 11 is 3.30. The smallest absolute Gasteiger partial charge is 0.331 e. The lowest BCUT2D eigenvalue weighted by atomic mass is 10.4. The van der Waals surface area contributed by atoms with Gasteiger partial charge in [0.05, 0.1) is 6.20 Å². The number of rotatable bonds is 7.